The van der Waals surface area contributed by atoms with Crippen molar-refractivity contribution < 1.29 is 14.3 Å². The zero-order chi connectivity index (χ0) is 22.8. The van der Waals surface area contributed by atoms with Crippen molar-refractivity contribution >= 4 is 34.7 Å². The number of pyridine rings is 1. The number of hydrogen-bond acceptors (Lipinski definition) is 7. The fourth-order valence-electron chi connectivity index (χ4n) is 3.71. The molecule has 166 valence electrons. The smallest absolute Gasteiger partial charge is 0.339 e. The van der Waals surface area contributed by atoms with E-state index in [1.165, 1.54) is 11.7 Å². The maximum atomic E-state index is 12.8. The number of carbonyl (C=O) groups excluding carboxylic acids is 2. The number of anilines is 2. The van der Waals surface area contributed by atoms with Gasteiger partial charge in [-0.05, 0) is 36.8 Å². The summed E-state index contributed by atoms with van der Waals surface area (Å²) in [4.78, 5) is 49.9. The minimum absolute atomic E-state index is 0.225. The van der Waals surface area contributed by atoms with Crippen molar-refractivity contribution in [1.82, 2.24) is 19.4 Å². The van der Waals surface area contributed by atoms with Gasteiger partial charge in [-0.15, -0.1) is 0 Å². The number of fused-ring (bicyclic) bond motifs is 1. The number of amides is 2. The Morgan fingerprint density at radius 1 is 1.12 bits per heavy atom. The lowest BCUT2D eigenvalue weighted by molar-refractivity contribution is 0.0602. The standard InChI is InChI=1S/C22H24N6O4/c1-14-6-7-15(21(30)32-3)17(13-14)25-22(31)28-11-9-27(10-12-28)19-20(29)26(2)18-16(24-19)5-4-8-23-18/h4-8,13H,9-12H2,1-3H3,(H,25,31). The maximum absolute atomic E-state index is 12.8. The first kappa shape index (κ1) is 21.3. The van der Waals surface area contributed by atoms with Crippen LogP contribution in [0.3, 0.4) is 0 Å². The molecule has 1 aromatic carbocycles. The largest absolute Gasteiger partial charge is 0.465 e. The topological polar surface area (TPSA) is 110 Å². The van der Waals surface area contributed by atoms with Gasteiger partial charge in [0.1, 0.15) is 5.52 Å². The molecule has 1 fully saturated rings. The molecule has 3 heterocycles. The summed E-state index contributed by atoms with van der Waals surface area (Å²) >= 11 is 0. The third kappa shape index (κ3) is 3.98. The van der Waals surface area contributed by atoms with Crippen LogP contribution in [0.25, 0.3) is 11.2 Å². The number of benzene rings is 1. The van der Waals surface area contributed by atoms with Gasteiger partial charge in [-0.3, -0.25) is 9.36 Å². The first-order valence-corrected chi connectivity index (χ1v) is 10.2. The van der Waals surface area contributed by atoms with Crippen molar-refractivity contribution in [1.29, 1.82) is 0 Å². The third-order valence-electron chi connectivity index (χ3n) is 5.49. The van der Waals surface area contributed by atoms with Crippen LogP contribution in [-0.2, 0) is 11.8 Å². The zero-order valence-electron chi connectivity index (χ0n) is 18.2. The Morgan fingerprint density at radius 2 is 1.88 bits per heavy atom. The first-order valence-electron chi connectivity index (χ1n) is 10.2. The normalized spacial score (nSPS) is 13.8. The molecule has 1 N–H and O–H groups in total. The summed E-state index contributed by atoms with van der Waals surface area (Å²) in [7, 11) is 2.97. The van der Waals surface area contributed by atoms with E-state index in [0.29, 0.717) is 54.4 Å². The monoisotopic (exact) mass is 436 g/mol. The number of methoxy groups -OCH3 is 1. The number of esters is 1. The predicted molar refractivity (Wildman–Crippen MR) is 120 cm³/mol. The summed E-state index contributed by atoms with van der Waals surface area (Å²) in [6.45, 7) is 3.60. The first-order chi connectivity index (χ1) is 15.4. The molecule has 2 aromatic heterocycles. The molecule has 0 saturated carbocycles. The van der Waals surface area contributed by atoms with E-state index < -0.39 is 5.97 Å². The summed E-state index contributed by atoms with van der Waals surface area (Å²) in [5.41, 5.74) is 2.55. The molecule has 4 rings (SSSR count). The second-order valence-corrected chi connectivity index (χ2v) is 7.59. The molecule has 1 aliphatic heterocycles. The lowest BCUT2D eigenvalue weighted by atomic mass is 10.1. The van der Waals surface area contributed by atoms with Crippen molar-refractivity contribution in [3.63, 3.8) is 0 Å². The number of nitrogens with zero attached hydrogens (tertiary/aromatic N) is 5. The number of aromatic nitrogens is 3. The molecule has 1 aliphatic rings. The molecule has 0 atom stereocenters. The Morgan fingerprint density at radius 3 is 2.59 bits per heavy atom. The van der Waals surface area contributed by atoms with Gasteiger partial charge in [0.05, 0.1) is 18.4 Å². The molecule has 0 bridgehead atoms. The molecule has 10 heteroatoms. The Balaban J connectivity index is 1.48. The lowest BCUT2D eigenvalue weighted by Crippen LogP contribution is -2.51. The van der Waals surface area contributed by atoms with Gasteiger partial charge in [0.15, 0.2) is 11.5 Å². The number of rotatable bonds is 3. The van der Waals surface area contributed by atoms with Crippen molar-refractivity contribution in [2.24, 2.45) is 7.05 Å². The Labute approximate surface area is 184 Å². The minimum Gasteiger partial charge on any atom is -0.465 e. The van der Waals surface area contributed by atoms with Gasteiger partial charge in [-0.2, -0.15) is 0 Å². The van der Waals surface area contributed by atoms with E-state index in [2.05, 4.69) is 15.3 Å². The van der Waals surface area contributed by atoms with Gasteiger partial charge in [-0.25, -0.2) is 19.6 Å². The van der Waals surface area contributed by atoms with Crippen LogP contribution in [-0.4, -0.2) is 64.7 Å². The van der Waals surface area contributed by atoms with E-state index in [1.54, 1.807) is 42.4 Å². The summed E-state index contributed by atoms with van der Waals surface area (Å²) in [6, 6.07) is 8.42. The average Bonchev–Trinajstić information content (AvgIpc) is 2.81. The number of hydrogen-bond donors (Lipinski definition) is 1. The van der Waals surface area contributed by atoms with Crippen LogP contribution in [0.15, 0.2) is 41.3 Å². The van der Waals surface area contributed by atoms with Crippen LogP contribution in [0.2, 0.25) is 0 Å². The zero-order valence-corrected chi connectivity index (χ0v) is 18.2. The van der Waals surface area contributed by atoms with E-state index in [1.807, 2.05) is 17.9 Å². The van der Waals surface area contributed by atoms with Gasteiger partial charge in [0, 0.05) is 39.4 Å². The van der Waals surface area contributed by atoms with Crippen LogP contribution in [0, 0.1) is 6.92 Å². The molecule has 2 amide bonds. The van der Waals surface area contributed by atoms with Crippen molar-refractivity contribution in [2.75, 3.05) is 43.5 Å². The van der Waals surface area contributed by atoms with Crippen molar-refractivity contribution in [2.45, 2.75) is 6.92 Å². The van der Waals surface area contributed by atoms with Gasteiger partial charge in [-0.1, -0.05) is 6.07 Å². The molecular weight excluding hydrogens is 412 g/mol. The van der Waals surface area contributed by atoms with Crippen LogP contribution < -0.4 is 15.8 Å². The highest BCUT2D eigenvalue weighted by atomic mass is 16.5. The number of nitrogens with one attached hydrogen (secondary N) is 1. The second kappa shape index (κ2) is 8.66. The number of aryl methyl sites for hydroxylation is 2. The molecular formula is C22H24N6O4. The van der Waals surface area contributed by atoms with E-state index in [4.69, 9.17) is 4.74 Å². The Kier molecular flexibility index (Phi) is 5.76. The van der Waals surface area contributed by atoms with Gasteiger partial charge >= 0.3 is 12.0 Å². The maximum Gasteiger partial charge on any atom is 0.339 e. The minimum atomic E-state index is -0.516. The summed E-state index contributed by atoms with van der Waals surface area (Å²) in [5.74, 6) is -0.169. The molecule has 10 nitrogen and oxygen atoms in total. The Bertz CT molecular complexity index is 1250. The fourth-order valence-corrected chi connectivity index (χ4v) is 3.71. The van der Waals surface area contributed by atoms with Crippen LogP contribution in [0.1, 0.15) is 15.9 Å². The quantitative estimate of drug-likeness (QED) is 0.623. The lowest BCUT2D eigenvalue weighted by Gasteiger charge is -2.35. The van der Waals surface area contributed by atoms with Crippen LogP contribution >= 0.6 is 0 Å². The molecule has 0 spiro atoms. The fraction of sp³-hybridized carbons (Fsp3) is 0.318. The van der Waals surface area contributed by atoms with Crippen LogP contribution in [0.5, 0.6) is 0 Å². The summed E-state index contributed by atoms with van der Waals surface area (Å²) in [5, 5.41) is 2.81. The molecule has 3 aromatic rings. The van der Waals surface area contributed by atoms with Gasteiger partial charge < -0.3 is 19.9 Å². The third-order valence-corrected chi connectivity index (χ3v) is 5.49. The molecule has 0 aliphatic carbocycles. The highest BCUT2D eigenvalue weighted by Crippen LogP contribution is 2.20. The molecule has 0 radical (unpaired) electrons. The second-order valence-electron chi connectivity index (χ2n) is 7.59. The highest BCUT2D eigenvalue weighted by Gasteiger charge is 2.25. The number of urea groups is 1. The van der Waals surface area contributed by atoms with E-state index in [0.717, 1.165) is 5.56 Å². The van der Waals surface area contributed by atoms with E-state index >= 15 is 0 Å². The molecule has 32 heavy (non-hydrogen) atoms. The number of carbonyl (C=O) groups is 2. The van der Waals surface area contributed by atoms with E-state index in [9.17, 15) is 14.4 Å². The number of ether oxygens (including phenoxy) is 1. The molecule has 0 unspecified atom stereocenters. The summed E-state index contributed by atoms with van der Waals surface area (Å²) in [6.07, 6.45) is 1.63. The van der Waals surface area contributed by atoms with Gasteiger partial charge in [0.2, 0.25) is 0 Å². The van der Waals surface area contributed by atoms with Crippen LogP contribution in [0.4, 0.5) is 16.3 Å². The highest BCUT2D eigenvalue weighted by molar-refractivity contribution is 6.01. The van der Waals surface area contributed by atoms with E-state index in [-0.39, 0.29) is 11.6 Å². The van der Waals surface area contributed by atoms with Crippen molar-refractivity contribution in [3.05, 3.63) is 58.0 Å². The Hall–Kier alpha value is -3.95. The number of piperazine rings is 1. The SMILES string of the molecule is COC(=O)c1ccc(C)cc1NC(=O)N1CCN(c2nc3cccnc3n(C)c2=O)CC1. The molecule has 1 saturated heterocycles. The van der Waals surface area contributed by atoms with Gasteiger partial charge in [0.25, 0.3) is 5.56 Å². The predicted octanol–water partition coefficient (Wildman–Crippen LogP) is 1.78. The van der Waals surface area contributed by atoms with Crippen molar-refractivity contribution in [3.8, 4) is 0 Å². The average molecular weight is 436 g/mol. The summed E-state index contributed by atoms with van der Waals surface area (Å²) < 4.78 is 6.29.